The molecule has 1 aliphatic carbocycles. The predicted octanol–water partition coefficient (Wildman–Crippen LogP) is 3.71. The Morgan fingerprint density at radius 1 is 1.15 bits per heavy atom. The van der Waals surface area contributed by atoms with Gasteiger partial charge in [-0.05, 0) is 44.0 Å². The molecule has 0 radical (unpaired) electrons. The first-order valence-corrected chi connectivity index (χ1v) is 9.46. The number of aliphatic carboxylic acids is 1. The van der Waals surface area contributed by atoms with Gasteiger partial charge in [0.2, 0.25) is 5.91 Å². The summed E-state index contributed by atoms with van der Waals surface area (Å²) >= 11 is 1.58. The van der Waals surface area contributed by atoms with Crippen LogP contribution in [0.5, 0.6) is 0 Å². The van der Waals surface area contributed by atoms with Crippen LogP contribution in [-0.2, 0) is 9.59 Å². The summed E-state index contributed by atoms with van der Waals surface area (Å²) in [7, 11) is 0. The third-order valence-corrected chi connectivity index (χ3v) is 5.41. The summed E-state index contributed by atoms with van der Waals surface area (Å²) in [6.07, 6.45) is 1.90. The highest BCUT2D eigenvalue weighted by atomic mass is 32.2. The molecule has 0 bridgehead atoms. The number of nitrogens with one attached hydrogen (secondary N) is 1. The van der Waals surface area contributed by atoms with Gasteiger partial charge in [-0.3, -0.25) is 14.5 Å². The summed E-state index contributed by atoms with van der Waals surface area (Å²) in [6.45, 7) is 1.72. The molecule has 1 atom stereocenters. The van der Waals surface area contributed by atoms with E-state index in [1.54, 1.807) is 23.6 Å². The summed E-state index contributed by atoms with van der Waals surface area (Å²) in [5, 5.41) is 12.2. The number of carbonyl (C=O) groups is 2. The molecule has 1 saturated carbocycles. The summed E-state index contributed by atoms with van der Waals surface area (Å²) in [4.78, 5) is 27.6. The number of nitrogens with zero attached hydrogens (tertiary/aromatic N) is 1. The van der Waals surface area contributed by atoms with Crippen LogP contribution in [0.4, 0.5) is 5.69 Å². The average Bonchev–Trinajstić information content (AvgIpc) is 3.46. The molecule has 0 heterocycles. The van der Waals surface area contributed by atoms with Gasteiger partial charge in [-0.1, -0.05) is 42.1 Å². The van der Waals surface area contributed by atoms with Crippen LogP contribution in [0, 0.1) is 0 Å². The second kappa shape index (κ2) is 8.38. The number of hydrogen-bond acceptors (Lipinski definition) is 4. The molecular weight excluding hydrogens is 348 g/mol. The van der Waals surface area contributed by atoms with E-state index in [1.807, 2.05) is 54.6 Å². The van der Waals surface area contributed by atoms with Crippen LogP contribution < -0.4 is 5.32 Å². The fourth-order valence-electron chi connectivity index (χ4n) is 2.76. The zero-order valence-corrected chi connectivity index (χ0v) is 15.4. The smallest absolute Gasteiger partial charge is 0.320 e. The molecule has 26 heavy (non-hydrogen) atoms. The summed E-state index contributed by atoms with van der Waals surface area (Å²) < 4.78 is 0. The van der Waals surface area contributed by atoms with Crippen LogP contribution in [0.15, 0.2) is 64.4 Å². The summed E-state index contributed by atoms with van der Waals surface area (Å²) in [5.41, 5.74) is 0.741. The monoisotopic (exact) mass is 370 g/mol. The molecule has 1 unspecified atom stereocenters. The molecule has 1 fully saturated rings. The van der Waals surface area contributed by atoms with Gasteiger partial charge in [-0.25, -0.2) is 0 Å². The van der Waals surface area contributed by atoms with Gasteiger partial charge in [0, 0.05) is 15.8 Å². The Labute approximate surface area is 157 Å². The van der Waals surface area contributed by atoms with Gasteiger partial charge in [0.15, 0.2) is 0 Å². The van der Waals surface area contributed by atoms with E-state index in [0.29, 0.717) is 0 Å². The fraction of sp³-hybridized carbons (Fsp3) is 0.300. The lowest BCUT2D eigenvalue weighted by Crippen LogP contribution is -2.44. The number of hydrogen-bond donors (Lipinski definition) is 2. The molecule has 0 aliphatic heterocycles. The van der Waals surface area contributed by atoms with Crippen molar-refractivity contribution in [2.24, 2.45) is 0 Å². The summed E-state index contributed by atoms with van der Waals surface area (Å²) in [5.74, 6) is -1.09. The van der Waals surface area contributed by atoms with E-state index < -0.39 is 12.0 Å². The zero-order chi connectivity index (χ0) is 18.5. The van der Waals surface area contributed by atoms with Gasteiger partial charge >= 0.3 is 5.97 Å². The first-order valence-electron chi connectivity index (χ1n) is 8.65. The zero-order valence-electron chi connectivity index (χ0n) is 14.6. The van der Waals surface area contributed by atoms with E-state index in [1.165, 1.54) is 0 Å². The van der Waals surface area contributed by atoms with Crippen molar-refractivity contribution in [1.82, 2.24) is 4.90 Å². The molecule has 6 heteroatoms. The maximum Gasteiger partial charge on any atom is 0.320 e. The van der Waals surface area contributed by atoms with E-state index in [-0.39, 0.29) is 18.5 Å². The lowest BCUT2D eigenvalue weighted by molar-refractivity contribution is -0.143. The Morgan fingerprint density at radius 2 is 1.81 bits per heavy atom. The topological polar surface area (TPSA) is 69.6 Å². The molecule has 2 aromatic rings. The Balaban J connectivity index is 1.68. The first-order chi connectivity index (χ1) is 12.5. The van der Waals surface area contributed by atoms with Gasteiger partial charge in [0.1, 0.15) is 6.04 Å². The third kappa shape index (κ3) is 4.86. The number of anilines is 1. The second-order valence-corrected chi connectivity index (χ2v) is 7.49. The molecule has 0 aromatic heterocycles. The van der Waals surface area contributed by atoms with Gasteiger partial charge in [-0.15, -0.1) is 0 Å². The Hall–Kier alpha value is -2.31. The second-order valence-electron chi connectivity index (χ2n) is 6.38. The van der Waals surface area contributed by atoms with Crippen LogP contribution in [-0.4, -0.2) is 40.5 Å². The highest BCUT2D eigenvalue weighted by Gasteiger charge is 2.36. The molecule has 5 nitrogen and oxygen atoms in total. The van der Waals surface area contributed by atoms with Crippen molar-refractivity contribution in [1.29, 1.82) is 0 Å². The Morgan fingerprint density at radius 3 is 2.46 bits per heavy atom. The molecule has 3 rings (SSSR count). The van der Waals surface area contributed by atoms with Crippen molar-refractivity contribution in [3.63, 3.8) is 0 Å². The number of carboxylic acids is 1. The molecule has 0 spiro atoms. The number of amides is 1. The summed E-state index contributed by atoms with van der Waals surface area (Å²) in [6, 6.07) is 17.1. The van der Waals surface area contributed by atoms with E-state index in [9.17, 15) is 14.7 Å². The SMILES string of the molecule is CC(C(=O)O)N(CC(=O)Nc1ccccc1Sc1ccccc1)C1CC1. The quantitative estimate of drug-likeness (QED) is 0.741. The van der Waals surface area contributed by atoms with E-state index in [4.69, 9.17) is 0 Å². The van der Waals surface area contributed by atoms with E-state index >= 15 is 0 Å². The number of para-hydroxylation sites is 1. The van der Waals surface area contributed by atoms with Gasteiger partial charge in [0.25, 0.3) is 0 Å². The minimum Gasteiger partial charge on any atom is -0.480 e. The number of carboxylic acid groups (broad SMARTS) is 1. The van der Waals surface area contributed by atoms with Crippen molar-refractivity contribution >= 4 is 29.3 Å². The largest absolute Gasteiger partial charge is 0.480 e. The molecular formula is C20H22N2O3S. The van der Waals surface area contributed by atoms with Gasteiger partial charge in [0.05, 0.1) is 12.2 Å². The minimum atomic E-state index is -0.898. The van der Waals surface area contributed by atoms with E-state index in [2.05, 4.69) is 5.32 Å². The van der Waals surface area contributed by atoms with Crippen molar-refractivity contribution < 1.29 is 14.7 Å². The Bertz CT molecular complexity index is 778. The minimum absolute atomic E-state index is 0.0858. The first kappa shape index (κ1) is 18.5. The van der Waals surface area contributed by atoms with Crippen molar-refractivity contribution in [3.8, 4) is 0 Å². The molecule has 136 valence electrons. The Kier molecular flexibility index (Phi) is 5.96. The van der Waals surface area contributed by atoms with Crippen LogP contribution in [0.3, 0.4) is 0 Å². The maximum absolute atomic E-state index is 12.5. The van der Waals surface area contributed by atoms with Crippen LogP contribution >= 0.6 is 11.8 Å². The normalized spacial score (nSPS) is 14.8. The van der Waals surface area contributed by atoms with Gasteiger partial charge in [-0.2, -0.15) is 0 Å². The van der Waals surface area contributed by atoms with Crippen LogP contribution in [0.1, 0.15) is 19.8 Å². The molecule has 0 saturated heterocycles. The standard InChI is InChI=1S/C20H22N2O3S/c1-14(20(24)25)22(15-11-12-15)13-19(23)21-17-9-5-6-10-18(17)26-16-7-3-2-4-8-16/h2-10,14-15H,11-13H2,1H3,(H,21,23)(H,24,25). The average molecular weight is 370 g/mol. The lowest BCUT2D eigenvalue weighted by atomic mass is 10.2. The molecule has 1 aliphatic rings. The molecule has 2 aromatic carbocycles. The number of rotatable bonds is 8. The van der Waals surface area contributed by atoms with Crippen LogP contribution in [0.25, 0.3) is 0 Å². The van der Waals surface area contributed by atoms with E-state index in [0.717, 1.165) is 28.3 Å². The van der Waals surface area contributed by atoms with Crippen molar-refractivity contribution in [3.05, 3.63) is 54.6 Å². The maximum atomic E-state index is 12.5. The lowest BCUT2D eigenvalue weighted by Gasteiger charge is -2.25. The molecule has 2 N–H and O–H groups in total. The van der Waals surface area contributed by atoms with Crippen molar-refractivity contribution in [2.75, 3.05) is 11.9 Å². The number of benzene rings is 2. The molecule has 1 amide bonds. The highest BCUT2D eigenvalue weighted by Crippen LogP contribution is 2.33. The van der Waals surface area contributed by atoms with Gasteiger partial charge < -0.3 is 10.4 Å². The predicted molar refractivity (Wildman–Crippen MR) is 102 cm³/mol. The fourth-order valence-corrected chi connectivity index (χ4v) is 3.68. The third-order valence-electron chi connectivity index (χ3n) is 4.33. The van der Waals surface area contributed by atoms with Crippen LogP contribution in [0.2, 0.25) is 0 Å². The van der Waals surface area contributed by atoms with Crippen molar-refractivity contribution in [2.45, 2.75) is 41.6 Å². The highest BCUT2D eigenvalue weighted by molar-refractivity contribution is 7.99. The number of carbonyl (C=O) groups excluding carboxylic acids is 1.